The van der Waals surface area contributed by atoms with E-state index in [-0.39, 0.29) is 18.7 Å². The zero-order chi connectivity index (χ0) is 14.5. The van der Waals surface area contributed by atoms with E-state index in [2.05, 4.69) is 20.5 Å². The van der Waals surface area contributed by atoms with Gasteiger partial charge in [-0.25, -0.2) is 13.9 Å². The molecule has 106 valence electrons. The molecule has 2 aromatic rings. The maximum Gasteiger partial charge on any atom is 0.358 e. The number of aromatic nitrogens is 5. The average Bonchev–Trinajstić information content (AvgIpc) is 2.87. The molecule has 7 nitrogen and oxygen atoms in total. The largest absolute Gasteiger partial charge is 0.476 e. The highest BCUT2D eigenvalue weighted by molar-refractivity contribution is 14.1. The van der Waals surface area contributed by atoms with Crippen LogP contribution in [0, 0.1) is 3.70 Å². The number of hydrogen-bond donors (Lipinski definition) is 1. The first-order valence-electron chi connectivity index (χ1n) is 5.80. The summed E-state index contributed by atoms with van der Waals surface area (Å²) in [5.41, 5.74) is 0.526. The van der Waals surface area contributed by atoms with Gasteiger partial charge in [-0.1, -0.05) is 5.21 Å². The third kappa shape index (κ3) is 4.18. The fourth-order valence-electron chi connectivity index (χ4n) is 1.56. The van der Waals surface area contributed by atoms with Crippen molar-refractivity contribution in [2.75, 3.05) is 0 Å². The summed E-state index contributed by atoms with van der Waals surface area (Å²) in [6, 6.07) is 3.62. The van der Waals surface area contributed by atoms with Gasteiger partial charge >= 0.3 is 5.97 Å². The Hall–Kier alpha value is -1.65. The van der Waals surface area contributed by atoms with E-state index >= 15 is 0 Å². The number of carbonyl (C=O) groups is 1. The van der Waals surface area contributed by atoms with Gasteiger partial charge in [-0.2, -0.15) is 5.10 Å². The lowest BCUT2D eigenvalue weighted by Gasteiger charge is -2.07. The zero-order valence-corrected chi connectivity index (χ0v) is 12.4. The standard InChI is InChI=1S/C11H11FIN5O2/c12-7(1-2-8-3-4-10(13)16-14-8)5-18-6-9(11(19)20)15-17-18/h3-4,6-7H,1-2,5H2,(H,19,20)/t7-/m1/s1. The van der Waals surface area contributed by atoms with Gasteiger partial charge < -0.3 is 5.11 Å². The first-order valence-corrected chi connectivity index (χ1v) is 6.88. The lowest BCUT2D eigenvalue weighted by molar-refractivity contribution is 0.0690. The number of aryl methyl sites for hydroxylation is 1. The van der Waals surface area contributed by atoms with Crippen molar-refractivity contribution < 1.29 is 14.3 Å². The van der Waals surface area contributed by atoms with Crippen LogP contribution in [0.1, 0.15) is 22.6 Å². The topological polar surface area (TPSA) is 93.8 Å². The summed E-state index contributed by atoms with van der Waals surface area (Å²) in [7, 11) is 0. The molecule has 0 aromatic carbocycles. The first kappa shape index (κ1) is 14.8. The molecule has 9 heteroatoms. The molecule has 2 rings (SSSR count). The van der Waals surface area contributed by atoms with Gasteiger partial charge in [0.1, 0.15) is 9.87 Å². The van der Waals surface area contributed by atoms with E-state index < -0.39 is 12.1 Å². The molecule has 0 aliphatic rings. The molecule has 0 saturated carbocycles. The van der Waals surface area contributed by atoms with E-state index in [1.165, 1.54) is 10.9 Å². The number of rotatable bonds is 6. The van der Waals surface area contributed by atoms with E-state index in [0.29, 0.717) is 6.42 Å². The van der Waals surface area contributed by atoms with Gasteiger partial charge in [0, 0.05) is 0 Å². The van der Waals surface area contributed by atoms with E-state index in [4.69, 9.17) is 5.11 Å². The van der Waals surface area contributed by atoms with Crippen LogP contribution < -0.4 is 0 Å². The van der Waals surface area contributed by atoms with Crippen molar-refractivity contribution in [2.24, 2.45) is 0 Å². The van der Waals surface area contributed by atoms with Crippen LogP contribution in [0.2, 0.25) is 0 Å². The number of nitrogens with zero attached hydrogens (tertiary/aromatic N) is 5. The number of carboxylic acid groups (broad SMARTS) is 1. The van der Waals surface area contributed by atoms with Gasteiger partial charge in [-0.15, -0.1) is 10.2 Å². The van der Waals surface area contributed by atoms with Crippen molar-refractivity contribution in [3.8, 4) is 0 Å². The number of halogens is 2. The second-order valence-corrected chi connectivity index (χ2v) is 5.22. The zero-order valence-electron chi connectivity index (χ0n) is 10.3. The Balaban J connectivity index is 1.84. The summed E-state index contributed by atoms with van der Waals surface area (Å²) in [4.78, 5) is 10.6. The van der Waals surface area contributed by atoms with Crippen molar-refractivity contribution >= 4 is 28.6 Å². The fourth-order valence-corrected chi connectivity index (χ4v) is 1.85. The molecule has 20 heavy (non-hydrogen) atoms. The van der Waals surface area contributed by atoms with E-state index in [1.807, 2.05) is 28.7 Å². The molecular weight excluding hydrogens is 380 g/mol. The number of hydrogen-bond acceptors (Lipinski definition) is 5. The van der Waals surface area contributed by atoms with Gasteiger partial charge in [-0.3, -0.25) is 0 Å². The van der Waals surface area contributed by atoms with Gasteiger partial charge in [-0.05, 0) is 47.6 Å². The SMILES string of the molecule is O=C(O)c1cn(C[C@H](F)CCc2ccc(I)nn2)nn1. The molecule has 1 atom stereocenters. The Labute approximate surface area is 127 Å². The van der Waals surface area contributed by atoms with Crippen LogP contribution in [-0.4, -0.2) is 42.4 Å². The third-order valence-electron chi connectivity index (χ3n) is 2.54. The highest BCUT2D eigenvalue weighted by Crippen LogP contribution is 2.08. The minimum Gasteiger partial charge on any atom is -0.476 e. The highest BCUT2D eigenvalue weighted by atomic mass is 127. The second-order valence-electron chi connectivity index (χ2n) is 4.11. The Kier molecular flexibility index (Phi) is 4.93. The molecular formula is C11H11FIN5O2. The molecule has 2 heterocycles. The highest BCUT2D eigenvalue weighted by Gasteiger charge is 2.13. The molecule has 0 fully saturated rings. The molecule has 0 aliphatic carbocycles. The summed E-state index contributed by atoms with van der Waals surface area (Å²) in [5, 5.41) is 23.5. The predicted octanol–water partition coefficient (Wildman–Crippen LogP) is 1.34. The van der Waals surface area contributed by atoms with Crippen molar-refractivity contribution in [1.29, 1.82) is 0 Å². The first-order chi connectivity index (χ1) is 9.54. The monoisotopic (exact) mass is 391 g/mol. The van der Waals surface area contributed by atoms with Crippen molar-refractivity contribution in [3.63, 3.8) is 0 Å². The minimum absolute atomic E-state index is 0.0297. The Morgan fingerprint density at radius 1 is 1.40 bits per heavy atom. The third-order valence-corrected chi connectivity index (χ3v) is 3.12. The smallest absolute Gasteiger partial charge is 0.358 e. The molecule has 0 aliphatic heterocycles. The van der Waals surface area contributed by atoms with Crippen LogP contribution in [0.3, 0.4) is 0 Å². The second kappa shape index (κ2) is 6.68. The van der Waals surface area contributed by atoms with Gasteiger partial charge in [0.25, 0.3) is 0 Å². The van der Waals surface area contributed by atoms with Crippen LogP contribution in [0.25, 0.3) is 0 Å². The van der Waals surface area contributed by atoms with Gasteiger partial charge in [0.05, 0.1) is 18.4 Å². The van der Waals surface area contributed by atoms with Crippen LogP contribution in [-0.2, 0) is 13.0 Å². The van der Waals surface area contributed by atoms with Crippen LogP contribution in [0.5, 0.6) is 0 Å². The summed E-state index contributed by atoms with van der Waals surface area (Å²) >= 11 is 2.05. The molecule has 2 aromatic heterocycles. The quantitative estimate of drug-likeness (QED) is 0.748. The van der Waals surface area contributed by atoms with Crippen LogP contribution in [0.15, 0.2) is 18.3 Å². The fraction of sp³-hybridized carbons (Fsp3) is 0.364. The molecule has 0 spiro atoms. The minimum atomic E-state index is -1.18. The van der Waals surface area contributed by atoms with Crippen LogP contribution >= 0.6 is 22.6 Å². The van der Waals surface area contributed by atoms with E-state index in [1.54, 1.807) is 6.07 Å². The lowest BCUT2D eigenvalue weighted by Crippen LogP contribution is -2.13. The van der Waals surface area contributed by atoms with Crippen molar-refractivity contribution in [2.45, 2.75) is 25.6 Å². The predicted molar refractivity (Wildman–Crippen MR) is 74.9 cm³/mol. The van der Waals surface area contributed by atoms with Crippen LogP contribution in [0.4, 0.5) is 4.39 Å². The number of alkyl halides is 1. The maximum absolute atomic E-state index is 13.8. The van der Waals surface area contributed by atoms with Crippen molar-refractivity contribution in [3.05, 3.63) is 33.4 Å². The van der Waals surface area contributed by atoms with Gasteiger partial charge in [0.15, 0.2) is 5.69 Å². The Morgan fingerprint density at radius 2 is 2.20 bits per heavy atom. The molecule has 1 N–H and O–H groups in total. The number of carboxylic acids is 1. The molecule has 0 unspecified atom stereocenters. The summed E-state index contributed by atoms with van der Waals surface area (Å²) in [6.45, 7) is -0.0297. The molecule has 0 saturated heterocycles. The Morgan fingerprint density at radius 3 is 2.80 bits per heavy atom. The normalized spacial score (nSPS) is 12.3. The van der Waals surface area contributed by atoms with E-state index in [9.17, 15) is 9.18 Å². The molecule has 0 bridgehead atoms. The van der Waals surface area contributed by atoms with Crippen molar-refractivity contribution in [1.82, 2.24) is 25.2 Å². The average molecular weight is 391 g/mol. The summed E-state index contributed by atoms with van der Waals surface area (Å²) < 4.78 is 15.8. The summed E-state index contributed by atoms with van der Waals surface area (Å²) in [5.74, 6) is -1.18. The lowest BCUT2D eigenvalue weighted by atomic mass is 10.1. The van der Waals surface area contributed by atoms with E-state index in [0.717, 1.165) is 9.39 Å². The number of aromatic carboxylic acids is 1. The van der Waals surface area contributed by atoms with Gasteiger partial charge in [0.2, 0.25) is 0 Å². The molecule has 0 radical (unpaired) electrons. The Bertz CT molecular complexity index is 589. The summed E-state index contributed by atoms with van der Waals surface area (Å²) in [6.07, 6.45) is 0.780. The molecule has 0 amide bonds. The maximum atomic E-state index is 13.8.